The maximum atomic E-state index is 12.5. The van der Waals surface area contributed by atoms with Crippen LogP contribution in [0.4, 0.5) is 4.79 Å². The fourth-order valence-electron chi connectivity index (χ4n) is 3.68. The van der Waals surface area contributed by atoms with Crippen LogP contribution in [0, 0.1) is 0 Å². The molecule has 0 saturated carbocycles. The molecule has 8 nitrogen and oxygen atoms in total. The van der Waals surface area contributed by atoms with E-state index in [1.165, 1.54) is 12.1 Å². The first-order chi connectivity index (χ1) is 13.5. The van der Waals surface area contributed by atoms with Crippen LogP contribution in [-0.2, 0) is 14.4 Å². The number of fused-ring (bicyclic) bond motifs is 1. The first-order valence-electron chi connectivity index (χ1n) is 9.71. The zero-order chi connectivity index (χ0) is 21.4. The fourth-order valence-corrected chi connectivity index (χ4v) is 3.68. The standard InChI is InChI=1S/C21H26N2O6/c1-20(2,3)28-19(27)22-13-7-11-21(22,4)12-10-16(24)29-23-17(25)14-8-5-6-9-15(14)18(23)26/h5-6,8-9H,7,10-13H2,1-4H3/t21-/m0/s1. The van der Waals surface area contributed by atoms with Crippen molar-refractivity contribution in [3.63, 3.8) is 0 Å². The highest BCUT2D eigenvalue weighted by Crippen LogP contribution is 2.34. The van der Waals surface area contributed by atoms with Crippen LogP contribution in [-0.4, -0.2) is 51.5 Å². The lowest BCUT2D eigenvalue weighted by Gasteiger charge is -2.36. The minimum Gasteiger partial charge on any atom is -0.444 e. The molecule has 3 rings (SSSR count). The molecule has 0 aliphatic carbocycles. The van der Waals surface area contributed by atoms with E-state index in [1.54, 1.807) is 37.8 Å². The lowest BCUT2D eigenvalue weighted by Crippen LogP contribution is -2.47. The van der Waals surface area contributed by atoms with Crippen LogP contribution in [0.5, 0.6) is 0 Å². The number of nitrogens with zero attached hydrogens (tertiary/aromatic N) is 2. The number of hydrogen-bond donors (Lipinski definition) is 0. The highest BCUT2D eigenvalue weighted by molar-refractivity contribution is 6.20. The van der Waals surface area contributed by atoms with E-state index >= 15 is 0 Å². The van der Waals surface area contributed by atoms with E-state index in [9.17, 15) is 19.2 Å². The highest BCUT2D eigenvalue weighted by Gasteiger charge is 2.43. The number of carbonyl (C=O) groups excluding carboxylic acids is 4. The third kappa shape index (κ3) is 4.26. The third-order valence-corrected chi connectivity index (χ3v) is 5.18. The van der Waals surface area contributed by atoms with Crippen molar-refractivity contribution < 1.29 is 28.8 Å². The molecule has 0 bridgehead atoms. The van der Waals surface area contributed by atoms with Gasteiger partial charge in [-0.15, -0.1) is 0 Å². The Morgan fingerprint density at radius 2 is 1.69 bits per heavy atom. The van der Waals surface area contributed by atoms with Crippen LogP contribution in [0.1, 0.15) is 74.1 Å². The number of carbonyl (C=O) groups is 4. The number of hydrogen-bond acceptors (Lipinski definition) is 6. The van der Waals surface area contributed by atoms with Crippen molar-refractivity contribution in [2.75, 3.05) is 6.54 Å². The zero-order valence-electron chi connectivity index (χ0n) is 17.2. The summed E-state index contributed by atoms with van der Waals surface area (Å²) in [7, 11) is 0. The Bertz CT molecular complexity index is 824. The summed E-state index contributed by atoms with van der Waals surface area (Å²) in [6.07, 6.45) is 1.43. The van der Waals surface area contributed by atoms with Crippen molar-refractivity contribution in [2.24, 2.45) is 0 Å². The second-order valence-corrected chi connectivity index (χ2v) is 8.65. The Morgan fingerprint density at radius 3 is 2.24 bits per heavy atom. The summed E-state index contributed by atoms with van der Waals surface area (Å²) in [5.74, 6) is -2.00. The van der Waals surface area contributed by atoms with E-state index in [0.717, 1.165) is 12.8 Å². The van der Waals surface area contributed by atoms with Gasteiger partial charge in [0.1, 0.15) is 5.60 Å². The van der Waals surface area contributed by atoms with Crippen molar-refractivity contribution in [3.05, 3.63) is 35.4 Å². The molecule has 29 heavy (non-hydrogen) atoms. The quantitative estimate of drug-likeness (QED) is 0.718. The van der Waals surface area contributed by atoms with Gasteiger partial charge in [0.2, 0.25) is 0 Å². The third-order valence-electron chi connectivity index (χ3n) is 5.18. The van der Waals surface area contributed by atoms with E-state index < -0.39 is 35.0 Å². The second-order valence-electron chi connectivity index (χ2n) is 8.65. The van der Waals surface area contributed by atoms with Gasteiger partial charge >= 0.3 is 12.1 Å². The predicted molar refractivity (Wildman–Crippen MR) is 103 cm³/mol. The molecule has 1 aromatic carbocycles. The van der Waals surface area contributed by atoms with Gasteiger partial charge in [0.05, 0.1) is 17.5 Å². The van der Waals surface area contributed by atoms with E-state index in [4.69, 9.17) is 9.57 Å². The number of imide groups is 1. The minimum absolute atomic E-state index is 0.0385. The maximum Gasteiger partial charge on any atom is 0.410 e. The molecule has 2 heterocycles. The first kappa shape index (κ1) is 20.8. The van der Waals surface area contributed by atoms with Gasteiger partial charge in [0, 0.05) is 12.1 Å². The molecule has 1 fully saturated rings. The first-order valence-corrected chi connectivity index (χ1v) is 9.71. The number of rotatable bonds is 4. The number of hydroxylamine groups is 2. The summed E-state index contributed by atoms with van der Waals surface area (Å²) in [4.78, 5) is 56.1. The molecule has 0 unspecified atom stereocenters. The topological polar surface area (TPSA) is 93.2 Å². The lowest BCUT2D eigenvalue weighted by atomic mass is 9.93. The fraction of sp³-hybridized carbons (Fsp3) is 0.524. The lowest BCUT2D eigenvalue weighted by molar-refractivity contribution is -0.169. The van der Waals surface area contributed by atoms with E-state index in [1.807, 2.05) is 6.92 Å². The van der Waals surface area contributed by atoms with E-state index in [2.05, 4.69) is 0 Å². The molecular formula is C21H26N2O6. The second kappa shape index (κ2) is 7.50. The number of benzene rings is 1. The Hall–Kier alpha value is -2.90. The molecule has 0 spiro atoms. The van der Waals surface area contributed by atoms with Gasteiger partial charge in [-0.2, -0.15) is 0 Å². The van der Waals surface area contributed by atoms with Crippen molar-refractivity contribution in [2.45, 2.75) is 64.5 Å². The average molecular weight is 402 g/mol. The molecule has 0 radical (unpaired) electrons. The van der Waals surface area contributed by atoms with Crippen LogP contribution in [0.25, 0.3) is 0 Å². The minimum atomic E-state index is -0.697. The predicted octanol–water partition coefficient (Wildman–Crippen LogP) is 3.31. The molecule has 156 valence electrons. The summed E-state index contributed by atoms with van der Waals surface area (Å²) in [5.41, 5.74) is -0.734. The molecule has 2 aliphatic rings. The summed E-state index contributed by atoms with van der Waals surface area (Å²) in [6, 6.07) is 6.31. The van der Waals surface area contributed by atoms with Gasteiger partial charge in [0.15, 0.2) is 0 Å². The summed E-state index contributed by atoms with van der Waals surface area (Å²) in [6.45, 7) is 7.87. The molecule has 1 atom stereocenters. The SMILES string of the molecule is CC(C)(C)OC(=O)N1CCC[C@@]1(C)CCC(=O)ON1C(=O)c2ccccc2C1=O. The molecular weight excluding hydrogens is 376 g/mol. The van der Waals surface area contributed by atoms with Crippen LogP contribution in [0.15, 0.2) is 24.3 Å². The number of amides is 3. The van der Waals surface area contributed by atoms with Gasteiger partial charge in [-0.25, -0.2) is 9.59 Å². The van der Waals surface area contributed by atoms with Crippen LogP contribution in [0.2, 0.25) is 0 Å². The molecule has 0 aromatic heterocycles. The molecule has 2 aliphatic heterocycles. The Balaban J connectivity index is 1.60. The molecule has 1 saturated heterocycles. The molecule has 0 N–H and O–H groups in total. The summed E-state index contributed by atoms with van der Waals surface area (Å²) in [5, 5.41) is 0.510. The van der Waals surface area contributed by atoms with Gasteiger partial charge < -0.3 is 14.5 Å². The van der Waals surface area contributed by atoms with Crippen LogP contribution in [0.3, 0.4) is 0 Å². The Morgan fingerprint density at radius 1 is 1.10 bits per heavy atom. The van der Waals surface area contributed by atoms with Gasteiger partial charge in [0.25, 0.3) is 11.8 Å². The smallest absolute Gasteiger partial charge is 0.410 e. The Kier molecular flexibility index (Phi) is 5.38. The van der Waals surface area contributed by atoms with E-state index in [-0.39, 0.29) is 17.5 Å². The molecule has 1 aromatic rings. The monoisotopic (exact) mass is 402 g/mol. The largest absolute Gasteiger partial charge is 0.444 e. The van der Waals surface area contributed by atoms with Crippen molar-refractivity contribution >= 4 is 23.9 Å². The summed E-state index contributed by atoms with van der Waals surface area (Å²) >= 11 is 0. The van der Waals surface area contributed by atoms with Crippen LogP contribution < -0.4 is 0 Å². The van der Waals surface area contributed by atoms with Gasteiger partial charge in [-0.1, -0.05) is 17.2 Å². The maximum absolute atomic E-state index is 12.5. The average Bonchev–Trinajstić information content (AvgIpc) is 3.13. The van der Waals surface area contributed by atoms with Crippen LogP contribution >= 0.6 is 0 Å². The van der Waals surface area contributed by atoms with Gasteiger partial charge in [-0.3, -0.25) is 9.59 Å². The number of ether oxygens (including phenoxy) is 1. The van der Waals surface area contributed by atoms with E-state index in [0.29, 0.717) is 18.0 Å². The van der Waals surface area contributed by atoms with Gasteiger partial charge in [-0.05, 0) is 59.1 Å². The molecule has 8 heteroatoms. The summed E-state index contributed by atoms with van der Waals surface area (Å²) < 4.78 is 5.47. The Labute approximate surface area is 169 Å². The van der Waals surface area contributed by atoms with Crippen molar-refractivity contribution in [1.82, 2.24) is 9.96 Å². The number of likely N-dealkylation sites (tertiary alicyclic amines) is 1. The highest BCUT2D eigenvalue weighted by atomic mass is 16.7. The molecule has 3 amide bonds. The normalized spacial score (nSPS) is 21.4. The zero-order valence-corrected chi connectivity index (χ0v) is 17.2. The van der Waals surface area contributed by atoms with Crippen molar-refractivity contribution in [3.8, 4) is 0 Å². The van der Waals surface area contributed by atoms with Crippen molar-refractivity contribution in [1.29, 1.82) is 0 Å².